The van der Waals surface area contributed by atoms with Gasteiger partial charge in [0.15, 0.2) is 5.96 Å². The number of guanidine groups is 1. The van der Waals surface area contributed by atoms with Crippen LogP contribution in [0, 0.1) is 11.8 Å². The quantitative estimate of drug-likeness (QED) is 0.640. The van der Waals surface area contributed by atoms with Crippen LogP contribution < -0.4 is 11.1 Å². The van der Waals surface area contributed by atoms with E-state index in [2.05, 4.69) is 29.1 Å². The van der Waals surface area contributed by atoms with Crippen molar-refractivity contribution in [3.8, 4) is 0 Å². The molecule has 0 radical (unpaired) electrons. The van der Waals surface area contributed by atoms with E-state index in [9.17, 15) is 0 Å². The highest BCUT2D eigenvalue weighted by Gasteiger charge is 2.22. The van der Waals surface area contributed by atoms with Gasteiger partial charge in [0, 0.05) is 25.3 Å². The molecule has 1 saturated heterocycles. The van der Waals surface area contributed by atoms with Crippen LogP contribution in [-0.4, -0.2) is 37.0 Å². The molecule has 0 saturated carbocycles. The minimum absolute atomic E-state index is 0.513. The molecule has 0 spiro atoms. The van der Waals surface area contributed by atoms with Crippen LogP contribution in [0.3, 0.4) is 0 Å². The molecule has 4 nitrogen and oxygen atoms in total. The summed E-state index contributed by atoms with van der Waals surface area (Å²) >= 11 is 0. The third-order valence-corrected chi connectivity index (χ3v) is 3.56. The lowest BCUT2D eigenvalue weighted by atomic mass is 10.1. The predicted octanol–water partition coefficient (Wildman–Crippen LogP) is 2.39. The van der Waals surface area contributed by atoms with Crippen molar-refractivity contribution in [1.29, 1.82) is 0 Å². The zero-order valence-corrected chi connectivity index (χ0v) is 12.5. The first-order chi connectivity index (χ1) is 9.63. The van der Waals surface area contributed by atoms with Crippen molar-refractivity contribution < 1.29 is 0 Å². The van der Waals surface area contributed by atoms with Crippen molar-refractivity contribution in [2.24, 2.45) is 22.6 Å². The number of aliphatic imine (C=N–C) groups is 1. The Morgan fingerprint density at radius 2 is 2.15 bits per heavy atom. The summed E-state index contributed by atoms with van der Waals surface area (Å²) in [6.07, 6.45) is 1.23. The average molecular weight is 274 g/mol. The maximum Gasteiger partial charge on any atom is 0.193 e. The Morgan fingerprint density at radius 1 is 1.40 bits per heavy atom. The molecule has 110 valence electrons. The average Bonchev–Trinajstić information content (AvgIpc) is 2.84. The fraction of sp³-hybridized carbons (Fsp3) is 0.562. The molecular weight excluding hydrogens is 248 g/mol. The van der Waals surface area contributed by atoms with Gasteiger partial charge < -0.3 is 16.0 Å². The lowest BCUT2D eigenvalue weighted by molar-refractivity contribution is 0.288. The van der Waals surface area contributed by atoms with Gasteiger partial charge in [0.05, 0.1) is 0 Å². The molecule has 1 atom stereocenters. The number of likely N-dealkylation sites (tertiary alicyclic amines) is 1. The SMILES string of the molecule is CC(C)CN1CCC(CN=C(N)Nc2ccccc2)C1. The van der Waals surface area contributed by atoms with Crippen LogP contribution in [-0.2, 0) is 0 Å². The molecule has 1 aliphatic rings. The summed E-state index contributed by atoms with van der Waals surface area (Å²) in [5, 5.41) is 3.12. The Labute approximate surface area is 122 Å². The number of para-hydroxylation sites is 1. The molecule has 1 aromatic rings. The summed E-state index contributed by atoms with van der Waals surface area (Å²) in [7, 11) is 0. The highest BCUT2D eigenvalue weighted by atomic mass is 15.2. The zero-order valence-electron chi connectivity index (χ0n) is 12.5. The van der Waals surface area contributed by atoms with Gasteiger partial charge in [0.1, 0.15) is 0 Å². The first-order valence-corrected chi connectivity index (χ1v) is 7.48. The van der Waals surface area contributed by atoms with Crippen molar-refractivity contribution in [3.63, 3.8) is 0 Å². The van der Waals surface area contributed by atoms with Crippen LogP contribution in [0.1, 0.15) is 20.3 Å². The van der Waals surface area contributed by atoms with Gasteiger partial charge in [-0.2, -0.15) is 0 Å². The van der Waals surface area contributed by atoms with Gasteiger partial charge >= 0.3 is 0 Å². The Bertz CT molecular complexity index is 427. The molecule has 3 N–H and O–H groups in total. The minimum atomic E-state index is 0.513. The third kappa shape index (κ3) is 4.85. The van der Waals surface area contributed by atoms with Crippen LogP contribution in [0.4, 0.5) is 5.69 Å². The van der Waals surface area contributed by atoms with Crippen molar-refractivity contribution in [1.82, 2.24) is 4.90 Å². The van der Waals surface area contributed by atoms with Gasteiger partial charge in [-0.1, -0.05) is 32.0 Å². The Morgan fingerprint density at radius 3 is 2.85 bits per heavy atom. The number of rotatable bonds is 5. The highest BCUT2D eigenvalue weighted by Crippen LogP contribution is 2.17. The maximum absolute atomic E-state index is 5.92. The fourth-order valence-corrected chi connectivity index (χ4v) is 2.68. The number of hydrogen-bond acceptors (Lipinski definition) is 2. The van der Waals surface area contributed by atoms with Crippen LogP contribution in [0.2, 0.25) is 0 Å². The van der Waals surface area contributed by atoms with Gasteiger partial charge in [-0.15, -0.1) is 0 Å². The van der Waals surface area contributed by atoms with E-state index in [1.54, 1.807) is 0 Å². The summed E-state index contributed by atoms with van der Waals surface area (Å²) in [6, 6.07) is 9.93. The topological polar surface area (TPSA) is 53.6 Å². The summed E-state index contributed by atoms with van der Waals surface area (Å²) in [6.45, 7) is 8.91. The molecule has 1 aliphatic heterocycles. The molecule has 20 heavy (non-hydrogen) atoms. The van der Waals surface area contributed by atoms with E-state index in [0.29, 0.717) is 11.9 Å². The number of anilines is 1. The largest absolute Gasteiger partial charge is 0.370 e. The van der Waals surface area contributed by atoms with E-state index < -0.39 is 0 Å². The first kappa shape index (κ1) is 14.9. The Balaban J connectivity index is 1.75. The van der Waals surface area contributed by atoms with Crippen LogP contribution >= 0.6 is 0 Å². The number of hydrogen-bond donors (Lipinski definition) is 2. The highest BCUT2D eigenvalue weighted by molar-refractivity contribution is 5.92. The molecule has 0 aliphatic carbocycles. The number of nitrogens with zero attached hydrogens (tertiary/aromatic N) is 2. The second-order valence-electron chi connectivity index (χ2n) is 6.03. The van der Waals surface area contributed by atoms with Gasteiger partial charge in [-0.05, 0) is 36.9 Å². The molecule has 1 fully saturated rings. The second kappa shape index (κ2) is 7.29. The molecule has 0 bridgehead atoms. The molecule has 1 unspecified atom stereocenters. The molecule has 4 heteroatoms. The van der Waals surface area contributed by atoms with E-state index in [0.717, 1.165) is 24.7 Å². The van der Waals surface area contributed by atoms with E-state index >= 15 is 0 Å². The zero-order chi connectivity index (χ0) is 14.4. The minimum Gasteiger partial charge on any atom is -0.370 e. The third-order valence-electron chi connectivity index (χ3n) is 3.56. The second-order valence-corrected chi connectivity index (χ2v) is 6.03. The summed E-state index contributed by atoms with van der Waals surface area (Å²) in [5.74, 6) is 1.89. The molecule has 1 aromatic carbocycles. The summed E-state index contributed by atoms with van der Waals surface area (Å²) in [4.78, 5) is 7.01. The first-order valence-electron chi connectivity index (χ1n) is 7.48. The van der Waals surface area contributed by atoms with Crippen molar-refractivity contribution >= 4 is 11.6 Å². The normalized spacial score (nSPS) is 20.6. The standard InChI is InChI=1S/C16H26N4/c1-13(2)11-20-9-8-14(12-20)10-18-16(17)19-15-6-4-3-5-7-15/h3-7,13-14H,8-12H2,1-2H3,(H3,17,18,19). The molecule has 1 heterocycles. The van der Waals surface area contributed by atoms with Crippen molar-refractivity contribution in [2.45, 2.75) is 20.3 Å². The van der Waals surface area contributed by atoms with Crippen LogP contribution in [0.5, 0.6) is 0 Å². The Kier molecular flexibility index (Phi) is 5.41. The number of benzene rings is 1. The maximum atomic E-state index is 5.92. The number of nitrogens with two attached hydrogens (primary N) is 1. The van der Waals surface area contributed by atoms with E-state index in [1.165, 1.54) is 19.5 Å². The predicted molar refractivity (Wildman–Crippen MR) is 85.9 cm³/mol. The smallest absolute Gasteiger partial charge is 0.193 e. The van der Waals surface area contributed by atoms with Crippen molar-refractivity contribution in [3.05, 3.63) is 30.3 Å². The lowest BCUT2D eigenvalue weighted by Crippen LogP contribution is -2.26. The van der Waals surface area contributed by atoms with Crippen LogP contribution in [0.25, 0.3) is 0 Å². The Hall–Kier alpha value is -1.55. The van der Waals surface area contributed by atoms with Gasteiger partial charge in [-0.25, -0.2) is 0 Å². The summed E-state index contributed by atoms with van der Waals surface area (Å²) < 4.78 is 0. The van der Waals surface area contributed by atoms with Gasteiger partial charge in [0.2, 0.25) is 0 Å². The lowest BCUT2D eigenvalue weighted by Gasteiger charge is -2.17. The molecule has 0 aromatic heterocycles. The molecule has 2 rings (SSSR count). The molecular formula is C16H26N4. The van der Waals surface area contributed by atoms with Gasteiger partial charge in [-0.3, -0.25) is 4.99 Å². The molecule has 0 amide bonds. The van der Waals surface area contributed by atoms with Crippen LogP contribution in [0.15, 0.2) is 35.3 Å². The van der Waals surface area contributed by atoms with E-state index in [1.807, 2.05) is 30.3 Å². The fourth-order valence-electron chi connectivity index (χ4n) is 2.68. The number of nitrogens with one attached hydrogen (secondary N) is 1. The summed E-state index contributed by atoms with van der Waals surface area (Å²) in [5.41, 5.74) is 6.91. The van der Waals surface area contributed by atoms with Gasteiger partial charge in [0.25, 0.3) is 0 Å². The monoisotopic (exact) mass is 274 g/mol. The van der Waals surface area contributed by atoms with Crippen molar-refractivity contribution in [2.75, 3.05) is 31.5 Å². The van der Waals surface area contributed by atoms with E-state index in [4.69, 9.17) is 5.73 Å². The van der Waals surface area contributed by atoms with E-state index in [-0.39, 0.29) is 0 Å².